The van der Waals surface area contributed by atoms with Crippen molar-refractivity contribution in [3.63, 3.8) is 0 Å². The number of aromatic nitrogens is 1. The lowest BCUT2D eigenvalue weighted by atomic mass is 10.0. The first-order valence-corrected chi connectivity index (χ1v) is 15.4. The molecule has 1 aliphatic rings. The van der Waals surface area contributed by atoms with Gasteiger partial charge in [-0.3, -0.25) is 18.9 Å². The molecule has 0 saturated heterocycles. The van der Waals surface area contributed by atoms with Gasteiger partial charge < -0.3 is 10.2 Å². The van der Waals surface area contributed by atoms with E-state index in [2.05, 4.69) is 10.3 Å². The zero-order valence-corrected chi connectivity index (χ0v) is 24.9. The van der Waals surface area contributed by atoms with Crippen LogP contribution < -0.4 is 14.5 Å². The molecule has 1 aliphatic heterocycles. The number of nitrogens with one attached hydrogen (secondary N) is 1. The monoisotopic (exact) mass is 602 g/mol. The van der Waals surface area contributed by atoms with Gasteiger partial charge in [0.2, 0.25) is 5.91 Å². The summed E-state index contributed by atoms with van der Waals surface area (Å²) < 4.78 is 29.9. The Morgan fingerprint density at radius 1 is 0.905 bits per heavy atom. The number of fused-ring (bicyclic) bond motifs is 1. The maximum absolute atomic E-state index is 14.4. The first-order valence-electron chi connectivity index (χ1n) is 13.6. The molecule has 1 N–H and O–H groups in total. The summed E-state index contributed by atoms with van der Waals surface area (Å²) in [5, 5.41) is 3.30. The van der Waals surface area contributed by atoms with Crippen molar-refractivity contribution in [1.82, 2.24) is 10.3 Å². The summed E-state index contributed by atoms with van der Waals surface area (Å²) in [4.78, 5) is 33.1. The Morgan fingerprint density at radius 2 is 1.57 bits per heavy atom. The predicted octanol–water partition coefficient (Wildman–Crippen LogP) is 5.21. The van der Waals surface area contributed by atoms with E-state index in [1.165, 1.54) is 6.07 Å². The summed E-state index contributed by atoms with van der Waals surface area (Å²) in [7, 11) is -4.29. The molecular formula is C32H31ClN4O4S. The van der Waals surface area contributed by atoms with Crippen LogP contribution in [0.15, 0.2) is 96.2 Å². The standard InChI is InChI=1S/C32H31ClN4O4S/c1-22-19-30(23(2)18-26(22)33)42(40,41)37-28-11-7-6-10-27(28)36(21-25-8-4-3-5-9-25)32(39)29(37)20-31(38)35-17-14-24-12-15-34-16-13-24/h3-13,15-16,18-19,29H,14,17,20-21H2,1-2H3,(H,35,38). The quantitative estimate of drug-likeness (QED) is 0.283. The smallest absolute Gasteiger partial charge is 0.265 e. The molecule has 5 rings (SSSR count). The molecule has 8 nitrogen and oxygen atoms in total. The van der Waals surface area contributed by atoms with E-state index in [-0.39, 0.29) is 17.9 Å². The normalized spacial score (nSPS) is 14.9. The highest BCUT2D eigenvalue weighted by Crippen LogP contribution is 2.42. The summed E-state index contributed by atoms with van der Waals surface area (Å²) in [6.45, 7) is 3.95. The summed E-state index contributed by atoms with van der Waals surface area (Å²) in [6.07, 6.45) is 3.58. The van der Waals surface area contributed by atoms with Gasteiger partial charge in [-0.25, -0.2) is 8.42 Å². The van der Waals surface area contributed by atoms with Crippen LogP contribution in [0.2, 0.25) is 5.02 Å². The number of pyridine rings is 1. The number of para-hydroxylation sites is 2. The molecule has 4 aromatic rings. The first-order chi connectivity index (χ1) is 20.2. The van der Waals surface area contributed by atoms with E-state index in [9.17, 15) is 18.0 Å². The van der Waals surface area contributed by atoms with Gasteiger partial charge in [-0.05, 0) is 78.9 Å². The highest BCUT2D eigenvalue weighted by atomic mass is 35.5. The maximum Gasteiger partial charge on any atom is 0.265 e. The Hall–Kier alpha value is -4.21. The second kappa shape index (κ2) is 12.3. The molecular weight excluding hydrogens is 572 g/mol. The zero-order valence-electron chi connectivity index (χ0n) is 23.3. The summed E-state index contributed by atoms with van der Waals surface area (Å²) >= 11 is 6.29. The fourth-order valence-electron chi connectivity index (χ4n) is 5.12. The Balaban J connectivity index is 1.54. The molecule has 0 aliphatic carbocycles. The number of carbonyl (C=O) groups is 2. The van der Waals surface area contributed by atoms with Crippen LogP contribution in [0.4, 0.5) is 11.4 Å². The van der Waals surface area contributed by atoms with E-state index in [0.29, 0.717) is 40.5 Å². The minimum atomic E-state index is -4.29. The van der Waals surface area contributed by atoms with E-state index < -0.39 is 27.9 Å². The molecule has 0 bridgehead atoms. The average molecular weight is 603 g/mol. The van der Waals surface area contributed by atoms with E-state index in [0.717, 1.165) is 15.4 Å². The van der Waals surface area contributed by atoms with E-state index in [1.807, 2.05) is 42.5 Å². The number of rotatable bonds is 9. The molecule has 1 unspecified atom stereocenters. The van der Waals surface area contributed by atoms with Gasteiger partial charge in [0, 0.05) is 24.0 Å². The van der Waals surface area contributed by atoms with Gasteiger partial charge >= 0.3 is 0 Å². The zero-order chi connectivity index (χ0) is 29.9. The Morgan fingerprint density at radius 3 is 2.29 bits per heavy atom. The van der Waals surface area contributed by atoms with Gasteiger partial charge in [0.1, 0.15) is 6.04 Å². The highest BCUT2D eigenvalue weighted by Gasteiger charge is 2.45. The number of amides is 2. The van der Waals surface area contributed by atoms with Gasteiger partial charge in [0.15, 0.2) is 0 Å². The highest BCUT2D eigenvalue weighted by molar-refractivity contribution is 7.93. The van der Waals surface area contributed by atoms with Crippen LogP contribution in [0.1, 0.15) is 28.7 Å². The molecule has 0 saturated carbocycles. The number of sulfonamides is 1. The van der Waals surface area contributed by atoms with Crippen molar-refractivity contribution in [1.29, 1.82) is 0 Å². The molecule has 3 aromatic carbocycles. The number of halogens is 1. The third-order valence-electron chi connectivity index (χ3n) is 7.28. The molecule has 216 valence electrons. The molecule has 2 amide bonds. The number of anilines is 2. The second-order valence-electron chi connectivity index (χ2n) is 10.2. The first kappa shape index (κ1) is 29.3. The number of aryl methyl sites for hydroxylation is 2. The van der Waals surface area contributed by atoms with Crippen molar-refractivity contribution in [2.24, 2.45) is 0 Å². The van der Waals surface area contributed by atoms with Crippen LogP contribution in [-0.2, 0) is 32.6 Å². The predicted molar refractivity (Wildman–Crippen MR) is 164 cm³/mol. The minimum absolute atomic E-state index is 0.0339. The lowest BCUT2D eigenvalue weighted by Crippen LogP contribution is -2.56. The molecule has 0 spiro atoms. The summed E-state index contributed by atoms with van der Waals surface area (Å²) in [6, 6.07) is 21.9. The molecule has 2 heterocycles. The van der Waals surface area contributed by atoms with Gasteiger partial charge in [-0.2, -0.15) is 0 Å². The van der Waals surface area contributed by atoms with Crippen molar-refractivity contribution < 1.29 is 18.0 Å². The van der Waals surface area contributed by atoms with E-state index in [1.54, 1.807) is 61.5 Å². The Bertz CT molecular complexity index is 1720. The maximum atomic E-state index is 14.4. The third kappa shape index (κ3) is 6.03. The molecule has 0 fully saturated rings. The number of carbonyl (C=O) groups excluding carboxylic acids is 2. The third-order valence-corrected chi connectivity index (χ3v) is 9.66. The van der Waals surface area contributed by atoms with Crippen molar-refractivity contribution in [2.75, 3.05) is 15.7 Å². The topological polar surface area (TPSA) is 99.7 Å². The number of nitrogens with zero attached hydrogens (tertiary/aromatic N) is 3. The molecule has 1 atom stereocenters. The van der Waals surface area contributed by atoms with Crippen LogP contribution in [-0.4, -0.2) is 37.8 Å². The van der Waals surface area contributed by atoms with Gasteiger partial charge in [-0.15, -0.1) is 0 Å². The Labute approximate surface area is 251 Å². The van der Waals surface area contributed by atoms with Crippen LogP contribution in [0.25, 0.3) is 0 Å². The minimum Gasteiger partial charge on any atom is -0.356 e. The number of hydrogen-bond donors (Lipinski definition) is 1. The lowest BCUT2D eigenvalue weighted by Gasteiger charge is -2.42. The van der Waals surface area contributed by atoms with Crippen LogP contribution in [0, 0.1) is 13.8 Å². The molecule has 42 heavy (non-hydrogen) atoms. The number of hydrogen-bond acceptors (Lipinski definition) is 5. The number of benzene rings is 3. The van der Waals surface area contributed by atoms with Crippen molar-refractivity contribution in [3.05, 3.63) is 119 Å². The Kier molecular flexibility index (Phi) is 8.61. The SMILES string of the molecule is Cc1cc(S(=O)(=O)N2c3ccccc3N(Cc3ccccc3)C(=O)C2CC(=O)NCCc2ccncc2)c(C)cc1Cl. The van der Waals surface area contributed by atoms with Crippen LogP contribution in [0.5, 0.6) is 0 Å². The summed E-state index contributed by atoms with van der Waals surface area (Å²) in [5.74, 6) is -0.903. The van der Waals surface area contributed by atoms with Crippen molar-refractivity contribution >= 4 is 44.8 Å². The van der Waals surface area contributed by atoms with Crippen molar-refractivity contribution in [2.45, 2.75) is 44.2 Å². The van der Waals surface area contributed by atoms with Gasteiger partial charge in [0.05, 0.1) is 29.2 Å². The molecule has 10 heteroatoms. The molecule has 1 aromatic heterocycles. The van der Waals surface area contributed by atoms with Gasteiger partial charge in [-0.1, -0.05) is 54.1 Å². The van der Waals surface area contributed by atoms with Crippen LogP contribution >= 0.6 is 11.6 Å². The van der Waals surface area contributed by atoms with Gasteiger partial charge in [0.25, 0.3) is 15.9 Å². The lowest BCUT2D eigenvalue weighted by molar-refractivity contribution is -0.126. The largest absolute Gasteiger partial charge is 0.356 e. The van der Waals surface area contributed by atoms with E-state index in [4.69, 9.17) is 11.6 Å². The van der Waals surface area contributed by atoms with Crippen molar-refractivity contribution in [3.8, 4) is 0 Å². The van der Waals surface area contributed by atoms with E-state index >= 15 is 0 Å². The van der Waals surface area contributed by atoms with Crippen LogP contribution in [0.3, 0.4) is 0 Å². The fourth-order valence-corrected chi connectivity index (χ4v) is 7.26. The second-order valence-corrected chi connectivity index (χ2v) is 12.4. The molecule has 0 radical (unpaired) electrons. The summed E-state index contributed by atoms with van der Waals surface area (Å²) in [5.41, 5.74) is 3.69. The average Bonchev–Trinajstić information content (AvgIpc) is 2.98. The fraction of sp³-hybridized carbons (Fsp3) is 0.219.